The first kappa shape index (κ1) is 36.7. The highest BCUT2D eigenvalue weighted by Gasteiger charge is 2.16. The summed E-state index contributed by atoms with van der Waals surface area (Å²) in [5.74, 6) is 2.83. The highest BCUT2D eigenvalue weighted by atomic mass is 35.5. The van der Waals surface area contributed by atoms with E-state index in [0.717, 1.165) is 72.0 Å². The second-order valence-electron chi connectivity index (χ2n) is 12.2. The number of fused-ring (bicyclic) bond motifs is 3. The standard InChI is InChI=1S/C25H23N3O4S.C15H11ClN2O2S/c1-15-14-33-24-21(15)23(26-10-9-16-3-8-19-20(13-16)32-12-11-31-19)27-22(28-24)17-4-6-18(7-5-17)25(29)30-2;1-8-7-21-14-11(8)12(16)17-13(18-14)9-3-5-10(6-4-9)15(19)20-2/h3-8,13-14H,9-12H2,1-2H3,(H,26,27,28);3-7H,1-2H3. The van der Waals surface area contributed by atoms with Crippen molar-refractivity contribution in [2.75, 3.05) is 39.3 Å². The first-order valence-electron chi connectivity index (χ1n) is 16.9. The maximum atomic E-state index is 11.7. The van der Waals surface area contributed by atoms with E-state index in [9.17, 15) is 9.59 Å². The zero-order valence-corrected chi connectivity index (χ0v) is 32.2. The molecule has 0 aliphatic carbocycles. The van der Waals surface area contributed by atoms with Crippen molar-refractivity contribution in [1.82, 2.24) is 19.9 Å². The fraction of sp³-hybridized carbons (Fsp3) is 0.200. The highest BCUT2D eigenvalue weighted by molar-refractivity contribution is 7.17. The monoisotopic (exact) mass is 779 g/mol. The maximum Gasteiger partial charge on any atom is 0.337 e. The van der Waals surface area contributed by atoms with Crippen LogP contribution in [0.3, 0.4) is 0 Å². The molecular weight excluding hydrogens is 746 g/mol. The van der Waals surface area contributed by atoms with Crippen LogP contribution >= 0.6 is 34.3 Å². The lowest BCUT2D eigenvalue weighted by atomic mass is 10.1. The average molecular weight is 780 g/mol. The van der Waals surface area contributed by atoms with E-state index in [1.54, 1.807) is 47.7 Å². The van der Waals surface area contributed by atoms with E-state index in [2.05, 4.69) is 38.4 Å². The molecule has 5 heterocycles. The van der Waals surface area contributed by atoms with Gasteiger partial charge in [-0.3, -0.25) is 0 Å². The zero-order valence-electron chi connectivity index (χ0n) is 29.8. The Hall–Kier alpha value is -5.63. The third-order valence-electron chi connectivity index (χ3n) is 8.63. The topological polar surface area (TPSA) is 135 Å². The van der Waals surface area contributed by atoms with Crippen LogP contribution in [0.2, 0.25) is 5.15 Å². The summed E-state index contributed by atoms with van der Waals surface area (Å²) in [6.45, 7) is 5.93. The number of nitrogens with one attached hydrogen (secondary N) is 1. The van der Waals surface area contributed by atoms with E-state index in [4.69, 9.17) is 35.8 Å². The minimum atomic E-state index is -0.371. The largest absolute Gasteiger partial charge is 0.486 e. The van der Waals surface area contributed by atoms with Gasteiger partial charge in [0.25, 0.3) is 0 Å². The molecule has 14 heteroatoms. The van der Waals surface area contributed by atoms with Crippen LogP contribution in [0.25, 0.3) is 43.2 Å². The predicted molar refractivity (Wildman–Crippen MR) is 212 cm³/mol. The van der Waals surface area contributed by atoms with Crippen molar-refractivity contribution < 1.29 is 28.5 Å². The SMILES string of the molecule is COC(=O)c1ccc(-c2nc(Cl)c3c(C)csc3n2)cc1.COC(=O)c1ccc(-c2nc(NCCc3ccc4c(c3)OCCO4)c3c(C)csc3n2)cc1. The number of nitrogens with zero attached hydrogens (tertiary/aromatic N) is 4. The smallest absolute Gasteiger partial charge is 0.337 e. The minimum absolute atomic E-state index is 0.367. The van der Waals surface area contributed by atoms with E-state index in [0.29, 0.717) is 47.7 Å². The molecule has 3 aromatic carbocycles. The number of carbonyl (C=O) groups excluding carboxylic acids is 2. The lowest BCUT2D eigenvalue weighted by molar-refractivity contribution is 0.0592. The Balaban J connectivity index is 0.000000184. The number of rotatable bonds is 8. The van der Waals surface area contributed by atoms with Crippen LogP contribution in [0.5, 0.6) is 11.5 Å². The van der Waals surface area contributed by atoms with Crippen LogP contribution in [0, 0.1) is 13.8 Å². The number of ether oxygens (including phenoxy) is 4. The molecule has 4 aromatic heterocycles. The summed E-state index contributed by atoms with van der Waals surface area (Å²) in [6, 6.07) is 20.1. The Morgan fingerprint density at radius 1 is 0.722 bits per heavy atom. The number of halogens is 1. The summed E-state index contributed by atoms with van der Waals surface area (Å²) in [5, 5.41) is 9.99. The van der Waals surface area contributed by atoms with Crippen molar-refractivity contribution in [2.24, 2.45) is 0 Å². The normalized spacial score (nSPS) is 11.9. The fourth-order valence-electron chi connectivity index (χ4n) is 5.82. The van der Waals surface area contributed by atoms with Crippen LogP contribution in [0.1, 0.15) is 37.4 Å². The van der Waals surface area contributed by atoms with Crippen molar-refractivity contribution in [1.29, 1.82) is 0 Å². The van der Waals surface area contributed by atoms with Gasteiger partial charge in [0.15, 0.2) is 23.1 Å². The Kier molecular flexibility index (Phi) is 11.0. The summed E-state index contributed by atoms with van der Waals surface area (Å²) in [5.41, 5.74) is 6.00. The average Bonchev–Trinajstić information content (AvgIpc) is 3.79. The molecule has 7 aromatic rings. The summed E-state index contributed by atoms with van der Waals surface area (Å²) < 4.78 is 20.7. The highest BCUT2D eigenvalue weighted by Crippen LogP contribution is 2.34. The number of hydrogen-bond donors (Lipinski definition) is 1. The van der Waals surface area contributed by atoms with E-state index in [1.807, 2.05) is 36.6 Å². The van der Waals surface area contributed by atoms with Crippen molar-refractivity contribution in [2.45, 2.75) is 20.3 Å². The summed E-state index contributed by atoms with van der Waals surface area (Å²) in [6.07, 6.45) is 0.814. The Bertz CT molecular complexity index is 2480. The van der Waals surface area contributed by atoms with E-state index in [1.165, 1.54) is 25.6 Å². The molecule has 1 aliphatic rings. The molecule has 0 saturated heterocycles. The van der Waals surface area contributed by atoms with Gasteiger partial charge >= 0.3 is 11.9 Å². The van der Waals surface area contributed by atoms with E-state index >= 15 is 0 Å². The number of aromatic nitrogens is 4. The molecule has 11 nitrogen and oxygen atoms in total. The Morgan fingerprint density at radius 3 is 1.85 bits per heavy atom. The third-order valence-corrected chi connectivity index (χ3v) is 10.9. The van der Waals surface area contributed by atoms with Crippen LogP contribution in [0.15, 0.2) is 77.5 Å². The second-order valence-corrected chi connectivity index (χ2v) is 14.3. The van der Waals surface area contributed by atoms with Crippen molar-refractivity contribution in [3.05, 3.63) is 110 Å². The number of hydrogen-bond acceptors (Lipinski definition) is 13. The van der Waals surface area contributed by atoms with Crippen molar-refractivity contribution in [3.8, 4) is 34.3 Å². The van der Waals surface area contributed by atoms with E-state index < -0.39 is 0 Å². The van der Waals surface area contributed by atoms with Crippen molar-refractivity contribution in [3.63, 3.8) is 0 Å². The molecule has 1 N–H and O–H groups in total. The van der Waals surface area contributed by atoms with Crippen molar-refractivity contribution >= 4 is 72.5 Å². The molecule has 0 spiro atoms. The molecule has 0 saturated carbocycles. The molecule has 0 unspecified atom stereocenters. The number of carbonyl (C=O) groups is 2. The molecule has 0 amide bonds. The molecule has 0 radical (unpaired) electrons. The number of benzene rings is 3. The van der Waals surface area contributed by atoms with E-state index in [-0.39, 0.29) is 11.9 Å². The minimum Gasteiger partial charge on any atom is -0.486 e. The van der Waals surface area contributed by atoms with Gasteiger partial charge in [-0.2, -0.15) is 0 Å². The number of thiophene rings is 2. The summed E-state index contributed by atoms with van der Waals surface area (Å²) in [7, 11) is 2.72. The van der Waals surface area contributed by atoms with Gasteiger partial charge in [0, 0.05) is 17.7 Å². The number of methoxy groups -OCH3 is 2. The maximum absolute atomic E-state index is 11.7. The Morgan fingerprint density at radius 2 is 1.26 bits per heavy atom. The Labute approximate surface area is 323 Å². The zero-order chi connectivity index (χ0) is 37.8. The van der Waals surface area contributed by atoms with Gasteiger partial charge in [-0.15, -0.1) is 22.7 Å². The number of anilines is 1. The van der Waals surface area contributed by atoms with Gasteiger partial charge in [-0.1, -0.05) is 41.9 Å². The van der Waals surface area contributed by atoms with Crippen LogP contribution in [0.4, 0.5) is 5.82 Å². The fourth-order valence-corrected chi connectivity index (χ4v) is 8.04. The summed E-state index contributed by atoms with van der Waals surface area (Å²) in [4.78, 5) is 43.4. The molecular formula is C40H34ClN5O6S2. The third kappa shape index (κ3) is 7.84. The van der Waals surface area contributed by atoms with Gasteiger partial charge in [0.2, 0.25) is 0 Å². The molecule has 274 valence electrons. The van der Waals surface area contributed by atoms with Crippen LogP contribution < -0.4 is 14.8 Å². The lowest BCUT2D eigenvalue weighted by Crippen LogP contribution is -2.15. The van der Waals surface area contributed by atoms with Gasteiger partial charge < -0.3 is 24.3 Å². The predicted octanol–water partition coefficient (Wildman–Crippen LogP) is 8.99. The first-order chi connectivity index (χ1) is 26.2. The summed E-state index contributed by atoms with van der Waals surface area (Å²) >= 11 is 9.38. The number of aryl methyl sites for hydroxylation is 2. The van der Waals surface area contributed by atoms with Crippen LogP contribution in [-0.2, 0) is 15.9 Å². The van der Waals surface area contributed by atoms with Gasteiger partial charge in [0.05, 0.1) is 36.1 Å². The second kappa shape index (κ2) is 16.2. The molecule has 54 heavy (non-hydrogen) atoms. The molecule has 0 atom stereocenters. The molecule has 8 rings (SSSR count). The van der Waals surface area contributed by atoms with Gasteiger partial charge in [-0.25, -0.2) is 29.5 Å². The molecule has 0 fully saturated rings. The molecule has 1 aliphatic heterocycles. The first-order valence-corrected chi connectivity index (χ1v) is 19.0. The lowest BCUT2D eigenvalue weighted by Gasteiger charge is -2.19. The number of esters is 2. The van der Waals surface area contributed by atoms with Gasteiger partial charge in [-0.05, 0) is 84.1 Å². The van der Waals surface area contributed by atoms with Gasteiger partial charge in [0.1, 0.15) is 33.8 Å². The van der Waals surface area contributed by atoms with Crippen LogP contribution in [-0.4, -0.2) is 65.9 Å². The quantitative estimate of drug-likeness (QED) is 0.117. The molecule has 0 bridgehead atoms.